The third kappa shape index (κ3) is 3.25. The minimum absolute atomic E-state index is 0.209. The van der Waals surface area contributed by atoms with Gasteiger partial charge in [-0.3, -0.25) is 4.79 Å². The molecule has 0 spiro atoms. The Bertz CT molecular complexity index is 929. The molecule has 1 aromatic heterocycles. The Balaban J connectivity index is 1.90. The lowest BCUT2D eigenvalue weighted by atomic mass is 9.93. The number of oxazole rings is 1. The van der Waals surface area contributed by atoms with Gasteiger partial charge in [-0.15, -0.1) is 0 Å². The summed E-state index contributed by atoms with van der Waals surface area (Å²) in [7, 11) is -1.52. The van der Waals surface area contributed by atoms with Gasteiger partial charge >= 0.3 is 0 Å². The number of sulfone groups is 1. The van der Waals surface area contributed by atoms with Crippen LogP contribution in [0.4, 0.5) is 0 Å². The molecule has 0 unspecified atom stereocenters. The first kappa shape index (κ1) is 17.2. The van der Waals surface area contributed by atoms with Crippen LogP contribution < -0.4 is 0 Å². The van der Waals surface area contributed by atoms with Gasteiger partial charge in [0.05, 0.1) is 10.8 Å². The summed E-state index contributed by atoms with van der Waals surface area (Å²) in [4.78, 5) is 17.5. The first-order chi connectivity index (χ1) is 11.3. The number of amides is 1. The highest BCUT2D eigenvalue weighted by Gasteiger charge is 2.37. The van der Waals surface area contributed by atoms with Crippen molar-refractivity contribution in [1.82, 2.24) is 9.88 Å². The number of fused-ring (bicyclic) bond motifs is 1. The fourth-order valence-electron chi connectivity index (χ4n) is 3.45. The molecule has 0 radical (unpaired) electrons. The largest absolute Gasteiger partial charge is 0.429 e. The molecular formula is C16H20N2O4S2. The van der Waals surface area contributed by atoms with Crippen molar-refractivity contribution in [3.8, 4) is 0 Å². The Morgan fingerprint density at radius 2 is 2.04 bits per heavy atom. The molecule has 24 heavy (non-hydrogen) atoms. The van der Waals surface area contributed by atoms with Gasteiger partial charge in [0.15, 0.2) is 15.4 Å². The third-order valence-corrected chi connectivity index (χ3v) is 6.54. The molecule has 8 heteroatoms. The predicted molar refractivity (Wildman–Crippen MR) is 94.4 cm³/mol. The zero-order chi connectivity index (χ0) is 17.5. The second-order valence-corrected chi connectivity index (χ2v) is 9.00. The van der Waals surface area contributed by atoms with Crippen LogP contribution in [0.2, 0.25) is 0 Å². The highest BCUT2D eigenvalue weighted by atomic mass is 32.2. The number of rotatable bonds is 3. The average Bonchev–Trinajstić information content (AvgIpc) is 2.91. The van der Waals surface area contributed by atoms with E-state index >= 15 is 0 Å². The van der Waals surface area contributed by atoms with E-state index in [0.717, 1.165) is 18.4 Å². The summed E-state index contributed by atoms with van der Waals surface area (Å²) in [6.07, 6.45) is 4.37. The van der Waals surface area contributed by atoms with Crippen molar-refractivity contribution >= 4 is 39.1 Å². The van der Waals surface area contributed by atoms with E-state index in [1.165, 1.54) is 6.26 Å². The molecule has 1 heterocycles. The molecule has 1 aliphatic rings. The molecule has 130 valence electrons. The number of benzene rings is 1. The summed E-state index contributed by atoms with van der Waals surface area (Å²) in [5.41, 5.74) is 1.70. The molecular weight excluding hydrogens is 348 g/mol. The maximum atomic E-state index is 12.8. The van der Waals surface area contributed by atoms with E-state index in [1.54, 1.807) is 30.1 Å². The summed E-state index contributed by atoms with van der Waals surface area (Å²) in [6.45, 7) is 0. The van der Waals surface area contributed by atoms with Crippen molar-refractivity contribution < 1.29 is 17.6 Å². The summed E-state index contributed by atoms with van der Waals surface area (Å²) in [5.74, 6) is -0.209. The van der Waals surface area contributed by atoms with E-state index in [1.807, 2.05) is 0 Å². The van der Waals surface area contributed by atoms with Gasteiger partial charge in [-0.1, -0.05) is 12.8 Å². The van der Waals surface area contributed by atoms with Crippen molar-refractivity contribution in [1.29, 1.82) is 0 Å². The Labute approximate surface area is 145 Å². The van der Waals surface area contributed by atoms with Crippen LogP contribution in [0.5, 0.6) is 0 Å². The molecule has 1 amide bonds. The van der Waals surface area contributed by atoms with E-state index in [-0.39, 0.29) is 16.8 Å². The van der Waals surface area contributed by atoms with E-state index in [2.05, 4.69) is 4.98 Å². The van der Waals surface area contributed by atoms with Crippen molar-refractivity contribution in [2.75, 3.05) is 13.3 Å². The maximum absolute atomic E-state index is 12.8. The molecule has 1 saturated carbocycles. The number of hydrogen-bond donors (Lipinski definition) is 1. The van der Waals surface area contributed by atoms with Gasteiger partial charge in [0.1, 0.15) is 0 Å². The van der Waals surface area contributed by atoms with Crippen molar-refractivity contribution in [3.63, 3.8) is 0 Å². The van der Waals surface area contributed by atoms with E-state index in [4.69, 9.17) is 16.6 Å². The van der Waals surface area contributed by atoms with Gasteiger partial charge in [-0.25, -0.2) is 8.42 Å². The topological polar surface area (TPSA) is 83.4 Å². The fourth-order valence-corrected chi connectivity index (χ4v) is 5.14. The molecule has 0 saturated heterocycles. The molecule has 1 fully saturated rings. The predicted octanol–water partition coefficient (Wildman–Crippen LogP) is 2.92. The lowest BCUT2D eigenvalue weighted by molar-refractivity contribution is 0.0700. The van der Waals surface area contributed by atoms with E-state index < -0.39 is 15.1 Å². The SMILES string of the molecule is CN(C(=O)c1ccc2[nH]c(=S)oc2c1)[C@H]1CCCC[C@@H]1S(C)(=O)=O. The first-order valence-corrected chi connectivity index (χ1v) is 10.2. The van der Waals surface area contributed by atoms with Crippen LogP contribution in [0.3, 0.4) is 0 Å². The lowest BCUT2D eigenvalue weighted by Gasteiger charge is -2.37. The zero-order valence-corrected chi connectivity index (χ0v) is 15.2. The van der Waals surface area contributed by atoms with Crippen LogP contribution in [0, 0.1) is 4.84 Å². The van der Waals surface area contributed by atoms with Gasteiger partial charge in [-0.05, 0) is 43.3 Å². The van der Waals surface area contributed by atoms with Crippen LogP contribution in [-0.2, 0) is 9.84 Å². The summed E-state index contributed by atoms with van der Waals surface area (Å²) in [6, 6.07) is 4.78. The number of H-pyrrole nitrogens is 1. The van der Waals surface area contributed by atoms with Crippen LogP contribution in [0.1, 0.15) is 36.0 Å². The fraction of sp³-hybridized carbons (Fsp3) is 0.500. The van der Waals surface area contributed by atoms with E-state index in [0.29, 0.717) is 24.0 Å². The van der Waals surface area contributed by atoms with Gasteiger partial charge in [0.25, 0.3) is 10.7 Å². The van der Waals surface area contributed by atoms with Crippen LogP contribution in [0.15, 0.2) is 22.6 Å². The van der Waals surface area contributed by atoms with E-state index in [9.17, 15) is 13.2 Å². The second kappa shape index (κ2) is 6.33. The van der Waals surface area contributed by atoms with Crippen molar-refractivity contribution in [3.05, 3.63) is 28.6 Å². The quantitative estimate of drug-likeness (QED) is 0.842. The number of aromatic amines is 1. The normalized spacial score (nSPS) is 21.8. The minimum Gasteiger partial charge on any atom is -0.429 e. The van der Waals surface area contributed by atoms with Crippen molar-refractivity contribution in [2.45, 2.75) is 37.0 Å². The number of nitrogens with one attached hydrogen (secondary N) is 1. The van der Waals surface area contributed by atoms with Gasteiger partial charge in [-0.2, -0.15) is 0 Å². The second-order valence-electron chi connectivity index (χ2n) is 6.36. The molecule has 1 aromatic carbocycles. The zero-order valence-electron chi connectivity index (χ0n) is 13.6. The Morgan fingerprint density at radius 3 is 2.75 bits per heavy atom. The summed E-state index contributed by atoms with van der Waals surface area (Å²) < 4.78 is 29.5. The third-order valence-electron chi connectivity index (χ3n) is 4.70. The van der Waals surface area contributed by atoms with Gasteiger partial charge < -0.3 is 14.3 Å². The van der Waals surface area contributed by atoms with Crippen molar-refractivity contribution in [2.24, 2.45) is 0 Å². The Hall–Kier alpha value is -1.67. The monoisotopic (exact) mass is 368 g/mol. The first-order valence-electron chi connectivity index (χ1n) is 7.86. The highest BCUT2D eigenvalue weighted by Crippen LogP contribution is 2.28. The molecule has 2 atom stereocenters. The number of carbonyl (C=O) groups is 1. The minimum atomic E-state index is -3.20. The van der Waals surface area contributed by atoms with Gasteiger partial charge in [0.2, 0.25) is 0 Å². The smallest absolute Gasteiger partial charge is 0.266 e. The molecule has 2 aromatic rings. The number of aromatic nitrogens is 1. The molecule has 0 aliphatic heterocycles. The molecule has 1 aliphatic carbocycles. The molecule has 0 bridgehead atoms. The van der Waals surface area contributed by atoms with Gasteiger partial charge in [0, 0.05) is 24.9 Å². The number of hydrogen-bond acceptors (Lipinski definition) is 5. The Kier molecular flexibility index (Phi) is 4.52. The number of carbonyl (C=O) groups excluding carboxylic acids is 1. The highest BCUT2D eigenvalue weighted by molar-refractivity contribution is 7.91. The molecule has 3 rings (SSSR count). The summed E-state index contributed by atoms with van der Waals surface area (Å²) in [5, 5.41) is -0.500. The Morgan fingerprint density at radius 1 is 1.33 bits per heavy atom. The molecule has 6 nitrogen and oxygen atoms in total. The van der Waals surface area contributed by atoms with Crippen LogP contribution >= 0.6 is 12.2 Å². The number of nitrogens with zero attached hydrogens (tertiary/aromatic N) is 1. The maximum Gasteiger partial charge on any atom is 0.266 e. The summed E-state index contributed by atoms with van der Waals surface area (Å²) >= 11 is 4.95. The molecule has 1 N–H and O–H groups in total. The average molecular weight is 368 g/mol. The van der Waals surface area contributed by atoms with Crippen LogP contribution in [-0.4, -0.2) is 48.8 Å². The van der Waals surface area contributed by atoms with Crippen LogP contribution in [0.25, 0.3) is 11.1 Å². The standard InChI is InChI=1S/C16H20N2O4S2/c1-18(12-5-3-4-6-14(12)24(2,20)21)15(19)10-7-8-11-13(9-10)22-16(23)17-11/h7-9,12,14H,3-6H2,1-2H3,(H,17,23)/t12-,14-/m0/s1. The lowest BCUT2D eigenvalue weighted by Crippen LogP contribution is -2.49.